The fourth-order valence-corrected chi connectivity index (χ4v) is 1.62. The van der Waals surface area contributed by atoms with Gasteiger partial charge in [-0.15, -0.1) is 0 Å². The van der Waals surface area contributed by atoms with Crippen molar-refractivity contribution in [2.45, 2.75) is 20.3 Å². The van der Waals surface area contributed by atoms with Crippen molar-refractivity contribution in [3.8, 4) is 0 Å². The summed E-state index contributed by atoms with van der Waals surface area (Å²) in [7, 11) is 0. The van der Waals surface area contributed by atoms with Gasteiger partial charge < -0.3 is 10.3 Å². The topological polar surface area (TPSA) is 44.2 Å². The Morgan fingerprint density at radius 3 is 2.75 bits per heavy atom. The van der Waals surface area contributed by atoms with E-state index in [0.29, 0.717) is 11.8 Å². The van der Waals surface area contributed by atoms with E-state index in [-0.39, 0.29) is 5.91 Å². The summed E-state index contributed by atoms with van der Waals surface area (Å²) in [5.74, 6) is 1.14. The highest BCUT2D eigenvalue weighted by Crippen LogP contribution is 2.23. The third-order valence-corrected chi connectivity index (χ3v) is 2.60. The number of rotatable bonds is 2. The molecule has 1 atom stereocenters. The van der Waals surface area contributed by atoms with Crippen LogP contribution in [0, 0.1) is 17.2 Å². The van der Waals surface area contributed by atoms with E-state index in [4.69, 9.17) is 5.41 Å². The van der Waals surface area contributed by atoms with E-state index in [9.17, 15) is 4.79 Å². The molecule has 1 aliphatic heterocycles. The lowest BCUT2D eigenvalue weighted by molar-refractivity contribution is -0.122. The zero-order valence-electron chi connectivity index (χ0n) is 7.71. The number of carbonyl (C=O) groups is 1. The first kappa shape index (κ1) is 9.23. The van der Waals surface area contributed by atoms with Crippen LogP contribution in [0.4, 0.5) is 0 Å². The average Bonchev–Trinajstić information content (AvgIpc) is 2.51. The first-order valence-electron chi connectivity index (χ1n) is 4.44. The molecule has 0 bridgehead atoms. The maximum Gasteiger partial charge on any atom is 0.264 e. The molecule has 0 aliphatic carbocycles. The van der Waals surface area contributed by atoms with Gasteiger partial charge in [-0.25, -0.2) is 0 Å². The molecule has 3 heteroatoms. The van der Waals surface area contributed by atoms with Gasteiger partial charge in [-0.05, 0) is 18.3 Å². The van der Waals surface area contributed by atoms with Gasteiger partial charge in [0.15, 0.2) is 0 Å². The third kappa shape index (κ3) is 1.84. The first-order valence-corrected chi connectivity index (χ1v) is 4.44. The monoisotopic (exact) mass is 168 g/mol. The predicted octanol–water partition coefficient (Wildman–Crippen LogP) is 1.14. The lowest BCUT2D eigenvalue weighted by atomic mass is 9.95. The molecule has 1 fully saturated rings. The van der Waals surface area contributed by atoms with E-state index in [1.165, 1.54) is 0 Å². The number of nitrogens with one attached hydrogen (secondary N) is 1. The van der Waals surface area contributed by atoms with Gasteiger partial charge >= 0.3 is 0 Å². The molecule has 1 N–H and O–H groups in total. The summed E-state index contributed by atoms with van der Waals surface area (Å²) in [6.45, 7) is 6.04. The lowest BCUT2D eigenvalue weighted by Crippen LogP contribution is -2.29. The van der Waals surface area contributed by atoms with Crippen LogP contribution in [-0.2, 0) is 4.79 Å². The van der Waals surface area contributed by atoms with Gasteiger partial charge in [0.25, 0.3) is 5.91 Å². The van der Waals surface area contributed by atoms with Gasteiger partial charge in [0.2, 0.25) is 0 Å². The van der Waals surface area contributed by atoms with Crippen LogP contribution in [0.25, 0.3) is 0 Å². The molecule has 1 unspecified atom stereocenters. The van der Waals surface area contributed by atoms with E-state index >= 15 is 0 Å². The molecule has 1 rings (SSSR count). The van der Waals surface area contributed by atoms with E-state index in [1.54, 1.807) is 4.90 Å². The fraction of sp³-hybridized carbons (Fsp3) is 0.778. The minimum Gasteiger partial charge on any atom is -0.338 e. The van der Waals surface area contributed by atoms with Crippen molar-refractivity contribution >= 4 is 12.1 Å². The molecule has 0 spiro atoms. The van der Waals surface area contributed by atoms with Crippen molar-refractivity contribution in [1.29, 1.82) is 5.41 Å². The Hall–Kier alpha value is -0.860. The molecule has 68 valence electrons. The van der Waals surface area contributed by atoms with Gasteiger partial charge in [-0.3, -0.25) is 4.79 Å². The minimum atomic E-state index is -0.141. The van der Waals surface area contributed by atoms with Crippen molar-refractivity contribution in [2.24, 2.45) is 11.8 Å². The molecule has 0 aromatic carbocycles. The Labute approximate surface area is 73.3 Å². The second-order valence-electron chi connectivity index (χ2n) is 3.72. The minimum absolute atomic E-state index is 0.141. The largest absolute Gasteiger partial charge is 0.338 e. The number of nitrogens with zero attached hydrogens (tertiary/aromatic N) is 1. The van der Waals surface area contributed by atoms with Crippen molar-refractivity contribution < 1.29 is 4.79 Å². The maximum absolute atomic E-state index is 11.1. The summed E-state index contributed by atoms with van der Waals surface area (Å²) in [6, 6.07) is 0. The number of amides is 1. The number of carbonyl (C=O) groups excluding carboxylic acids is 1. The van der Waals surface area contributed by atoms with Crippen LogP contribution in [0.5, 0.6) is 0 Å². The van der Waals surface area contributed by atoms with Crippen molar-refractivity contribution in [3.05, 3.63) is 0 Å². The van der Waals surface area contributed by atoms with E-state index in [2.05, 4.69) is 13.8 Å². The summed E-state index contributed by atoms with van der Waals surface area (Å²) in [5, 5.41) is 6.83. The smallest absolute Gasteiger partial charge is 0.264 e. The molecule has 3 nitrogen and oxygen atoms in total. The van der Waals surface area contributed by atoms with Crippen LogP contribution in [0.15, 0.2) is 0 Å². The van der Waals surface area contributed by atoms with Crippen LogP contribution >= 0.6 is 0 Å². The summed E-state index contributed by atoms with van der Waals surface area (Å²) >= 11 is 0. The van der Waals surface area contributed by atoms with Crippen LogP contribution in [0.3, 0.4) is 0 Å². The highest BCUT2D eigenvalue weighted by Gasteiger charge is 2.26. The third-order valence-electron chi connectivity index (χ3n) is 2.60. The molecule has 1 heterocycles. The van der Waals surface area contributed by atoms with Crippen molar-refractivity contribution in [1.82, 2.24) is 4.90 Å². The van der Waals surface area contributed by atoms with Crippen molar-refractivity contribution in [3.63, 3.8) is 0 Å². The normalized spacial score (nSPS) is 23.2. The Morgan fingerprint density at radius 1 is 1.67 bits per heavy atom. The SMILES string of the molecule is CC(C)C1CCN(C(=O)C=N)C1. The van der Waals surface area contributed by atoms with Gasteiger partial charge in [0.1, 0.15) is 0 Å². The second-order valence-corrected chi connectivity index (χ2v) is 3.72. The molecule has 1 amide bonds. The molecular weight excluding hydrogens is 152 g/mol. The summed E-state index contributed by atoms with van der Waals surface area (Å²) in [6.07, 6.45) is 2.00. The Balaban J connectivity index is 2.45. The molecule has 0 aromatic rings. The van der Waals surface area contributed by atoms with E-state index < -0.39 is 0 Å². The second kappa shape index (κ2) is 3.70. The van der Waals surface area contributed by atoms with E-state index in [0.717, 1.165) is 25.7 Å². The van der Waals surface area contributed by atoms with Gasteiger partial charge in [0.05, 0.1) is 6.21 Å². The van der Waals surface area contributed by atoms with Crippen LogP contribution in [0.1, 0.15) is 20.3 Å². The Morgan fingerprint density at radius 2 is 2.33 bits per heavy atom. The van der Waals surface area contributed by atoms with Gasteiger partial charge in [-0.1, -0.05) is 13.8 Å². The Bertz CT molecular complexity index is 189. The zero-order valence-corrected chi connectivity index (χ0v) is 7.71. The average molecular weight is 168 g/mol. The quantitative estimate of drug-likeness (QED) is 0.617. The molecule has 1 aliphatic rings. The molecule has 0 aromatic heterocycles. The first-order chi connectivity index (χ1) is 5.65. The standard InChI is InChI=1S/C9H16N2O/c1-7(2)8-3-4-11(6-8)9(12)5-10/h5,7-8,10H,3-4,6H2,1-2H3. The van der Waals surface area contributed by atoms with Crippen molar-refractivity contribution in [2.75, 3.05) is 13.1 Å². The Kier molecular flexibility index (Phi) is 2.84. The highest BCUT2D eigenvalue weighted by molar-refractivity contribution is 6.24. The van der Waals surface area contributed by atoms with Crippen LogP contribution in [0.2, 0.25) is 0 Å². The molecule has 12 heavy (non-hydrogen) atoms. The number of hydrogen-bond acceptors (Lipinski definition) is 2. The summed E-state index contributed by atoms with van der Waals surface area (Å²) in [4.78, 5) is 12.8. The van der Waals surface area contributed by atoms with E-state index in [1.807, 2.05) is 0 Å². The molecular formula is C9H16N2O. The van der Waals surface area contributed by atoms with Crippen LogP contribution < -0.4 is 0 Å². The lowest BCUT2D eigenvalue weighted by Gasteiger charge is -2.15. The molecule has 1 saturated heterocycles. The molecule has 0 radical (unpaired) electrons. The zero-order chi connectivity index (χ0) is 9.14. The fourth-order valence-electron chi connectivity index (χ4n) is 1.62. The van der Waals surface area contributed by atoms with Crippen LogP contribution in [-0.4, -0.2) is 30.1 Å². The summed E-state index contributed by atoms with van der Waals surface area (Å²) in [5.41, 5.74) is 0. The van der Waals surface area contributed by atoms with Gasteiger partial charge in [0, 0.05) is 13.1 Å². The molecule has 0 saturated carbocycles. The van der Waals surface area contributed by atoms with Gasteiger partial charge in [-0.2, -0.15) is 0 Å². The number of likely N-dealkylation sites (tertiary alicyclic amines) is 1. The summed E-state index contributed by atoms with van der Waals surface area (Å²) < 4.78 is 0. The number of hydrogen-bond donors (Lipinski definition) is 1. The predicted molar refractivity (Wildman–Crippen MR) is 48.3 cm³/mol. The maximum atomic E-state index is 11.1. The highest BCUT2D eigenvalue weighted by atomic mass is 16.2.